The standard InChI is InChI=1S/C19H22N2O2/c1-3-4-8-18(22)20-16-6-5-7-17(13-16)21-19(23)15-11-9-14(2)10-12-15/h5-7,9-13H,3-4,8H2,1-2H3,(H,20,22)(H,21,23). The van der Waals surface area contributed by atoms with Gasteiger partial charge in [-0.05, 0) is 43.7 Å². The van der Waals surface area contributed by atoms with E-state index in [0.29, 0.717) is 23.4 Å². The molecule has 0 unspecified atom stereocenters. The molecule has 0 heterocycles. The fraction of sp³-hybridized carbons (Fsp3) is 0.263. The minimum Gasteiger partial charge on any atom is -0.326 e. The molecule has 0 bridgehead atoms. The van der Waals surface area contributed by atoms with Gasteiger partial charge in [0.25, 0.3) is 5.91 Å². The highest BCUT2D eigenvalue weighted by Crippen LogP contribution is 2.17. The molecule has 0 atom stereocenters. The van der Waals surface area contributed by atoms with Gasteiger partial charge in [0.1, 0.15) is 0 Å². The number of benzene rings is 2. The molecule has 120 valence electrons. The second kappa shape index (κ2) is 8.13. The van der Waals surface area contributed by atoms with E-state index in [1.807, 2.05) is 25.1 Å². The first-order valence-electron chi connectivity index (χ1n) is 7.86. The number of amides is 2. The lowest BCUT2D eigenvalue weighted by Gasteiger charge is -2.09. The van der Waals surface area contributed by atoms with Gasteiger partial charge in [-0.3, -0.25) is 9.59 Å². The minimum atomic E-state index is -0.167. The van der Waals surface area contributed by atoms with Crippen molar-refractivity contribution in [2.45, 2.75) is 33.1 Å². The normalized spacial score (nSPS) is 10.2. The Morgan fingerprint density at radius 3 is 2.26 bits per heavy atom. The fourth-order valence-corrected chi connectivity index (χ4v) is 2.14. The Bertz CT molecular complexity index is 678. The lowest BCUT2D eigenvalue weighted by molar-refractivity contribution is -0.116. The summed E-state index contributed by atoms with van der Waals surface area (Å²) >= 11 is 0. The lowest BCUT2D eigenvalue weighted by Crippen LogP contribution is -2.13. The quantitative estimate of drug-likeness (QED) is 0.832. The molecular formula is C19H22N2O2. The second-order valence-corrected chi connectivity index (χ2v) is 5.55. The van der Waals surface area contributed by atoms with Gasteiger partial charge in [0.2, 0.25) is 5.91 Å². The second-order valence-electron chi connectivity index (χ2n) is 5.55. The zero-order chi connectivity index (χ0) is 16.7. The Balaban J connectivity index is 2.00. The molecule has 0 aromatic heterocycles. The number of unbranched alkanes of at least 4 members (excludes halogenated alkanes) is 1. The van der Waals surface area contributed by atoms with Crippen molar-refractivity contribution in [3.05, 3.63) is 59.7 Å². The molecule has 0 aliphatic heterocycles. The largest absolute Gasteiger partial charge is 0.326 e. The molecule has 4 heteroatoms. The third-order valence-corrected chi connectivity index (χ3v) is 3.48. The number of nitrogens with one attached hydrogen (secondary N) is 2. The number of hydrogen-bond donors (Lipinski definition) is 2. The number of carbonyl (C=O) groups is 2. The first kappa shape index (κ1) is 16.7. The minimum absolute atomic E-state index is 0.00568. The fourth-order valence-electron chi connectivity index (χ4n) is 2.14. The van der Waals surface area contributed by atoms with Gasteiger partial charge in [-0.25, -0.2) is 0 Å². The van der Waals surface area contributed by atoms with E-state index in [4.69, 9.17) is 0 Å². The van der Waals surface area contributed by atoms with Gasteiger partial charge in [0, 0.05) is 23.4 Å². The van der Waals surface area contributed by atoms with Crippen molar-refractivity contribution in [3.63, 3.8) is 0 Å². The van der Waals surface area contributed by atoms with Crippen LogP contribution in [-0.2, 0) is 4.79 Å². The van der Waals surface area contributed by atoms with Crippen molar-refractivity contribution < 1.29 is 9.59 Å². The number of anilines is 2. The van der Waals surface area contributed by atoms with Gasteiger partial charge in [-0.2, -0.15) is 0 Å². The van der Waals surface area contributed by atoms with Crippen LogP contribution in [0.5, 0.6) is 0 Å². The molecule has 0 fully saturated rings. The van der Waals surface area contributed by atoms with Crippen molar-refractivity contribution in [3.8, 4) is 0 Å². The molecule has 2 rings (SSSR count). The van der Waals surface area contributed by atoms with Crippen LogP contribution in [0.15, 0.2) is 48.5 Å². The Kier molecular flexibility index (Phi) is 5.92. The van der Waals surface area contributed by atoms with Gasteiger partial charge in [-0.15, -0.1) is 0 Å². The molecule has 0 spiro atoms. The molecule has 0 saturated carbocycles. The van der Waals surface area contributed by atoms with Gasteiger partial charge in [0.05, 0.1) is 0 Å². The van der Waals surface area contributed by atoms with Crippen molar-refractivity contribution in [1.82, 2.24) is 0 Å². The van der Waals surface area contributed by atoms with E-state index < -0.39 is 0 Å². The highest BCUT2D eigenvalue weighted by Gasteiger charge is 2.07. The Morgan fingerprint density at radius 2 is 1.61 bits per heavy atom. The van der Waals surface area contributed by atoms with Crippen molar-refractivity contribution in [1.29, 1.82) is 0 Å². The molecule has 0 aliphatic carbocycles. The molecule has 2 aromatic rings. The third kappa shape index (κ3) is 5.25. The molecule has 0 aliphatic rings. The van der Waals surface area contributed by atoms with Crippen LogP contribution in [-0.4, -0.2) is 11.8 Å². The van der Waals surface area contributed by atoms with Crippen LogP contribution >= 0.6 is 0 Å². The van der Waals surface area contributed by atoms with E-state index in [1.165, 1.54) is 0 Å². The average Bonchev–Trinajstić information content (AvgIpc) is 2.54. The summed E-state index contributed by atoms with van der Waals surface area (Å²) < 4.78 is 0. The summed E-state index contributed by atoms with van der Waals surface area (Å²) in [5, 5.41) is 5.69. The van der Waals surface area contributed by atoms with Gasteiger partial charge in [0.15, 0.2) is 0 Å². The monoisotopic (exact) mass is 310 g/mol. The van der Waals surface area contributed by atoms with Gasteiger partial charge >= 0.3 is 0 Å². The van der Waals surface area contributed by atoms with E-state index >= 15 is 0 Å². The van der Waals surface area contributed by atoms with E-state index in [1.54, 1.807) is 30.3 Å². The summed E-state index contributed by atoms with van der Waals surface area (Å²) in [5.41, 5.74) is 3.06. The topological polar surface area (TPSA) is 58.2 Å². The first-order valence-corrected chi connectivity index (χ1v) is 7.86. The molecule has 23 heavy (non-hydrogen) atoms. The van der Waals surface area contributed by atoms with E-state index in [0.717, 1.165) is 18.4 Å². The number of hydrogen-bond acceptors (Lipinski definition) is 2. The Labute approximate surface area is 136 Å². The average molecular weight is 310 g/mol. The zero-order valence-electron chi connectivity index (χ0n) is 13.6. The first-order chi connectivity index (χ1) is 11.1. The van der Waals surface area contributed by atoms with Crippen LogP contribution in [0.2, 0.25) is 0 Å². The van der Waals surface area contributed by atoms with Crippen LogP contribution in [0.4, 0.5) is 11.4 Å². The zero-order valence-corrected chi connectivity index (χ0v) is 13.6. The van der Waals surface area contributed by atoms with Crippen LogP contribution in [0, 0.1) is 6.92 Å². The predicted octanol–water partition coefficient (Wildman–Crippen LogP) is 4.38. The molecule has 0 saturated heterocycles. The number of aryl methyl sites for hydroxylation is 1. The van der Waals surface area contributed by atoms with Gasteiger partial charge in [-0.1, -0.05) is 37.1 Å². The number of carbonyl (C=O) groups excluding carboxylic acids is 2. The van der Waals surface area contributed by atoms with Crippen molar-refractivity contribution in [2.24, 2.45) is 0 Å². The lowest BCUT2D eigenvalue weighted by atomic mass is 10.1. The summed E-state index contributed by atoms with van der Waals surface area (Å²) in [7, 11) is 0. The SMILES string of the molecule is CCCCC(=O)Nc1cccc(NC(=O)c2ccc(C)cc2)c1. The number of rotatable bonds is 6. The van der Waals surface area contributed by atoms with E-state index in [-0.39, 0.29) is 11.8 Å². The Morgan fingerprint density at radius 1 is 0.957 bits per heavy atom. The van der Waals surface area contributed by atoms with Crippen molar-refractivity contribution >= 4 is 23.2 Å². The van der Waals surface area contributed by atoms with E-state index in [9.17, 15) is 9.59 Å². The summed E-state index contributed by atoms with van der Waals surface area (Å²) in [6, 6.07) is 14.6. The van der Waals surface area contributed by atoms with Crippen molar-refractivity contribution in [2.75, 3.05) is 10.6 Å². The maximum atomic E-state index is 12.2. The van der Waals surface area contributed by atoms with Crippen LogP contribution in [0.1, 0.15) is 42.1 Å². The molecule has 2 aromatic carbocycles. The predicted molar refractivity (Wildman–Crippen MR) is 93.7 cm³/mol. The maximum Gasteiger partial charge on any atom is 0.255 e. The third-order valence-electron chi connectivity index (χ3n) is 3.48. The maximum absolute atomic E-state index is 12.2. The molecular weight excluding hydrogens is 288 g/mol. The van der Waals surface area contributed by atoms with Gasteiger partial charge < -0.3 is 10.6 Å². The molecule has 4 nitrogen and oxygen atoms in total. The highest BCUT2D eigenvalue weighted by atomic mass is 16.2. The van der Waals surface area contributed by atoms with Crippen LogP contribution in [0.25, 0.3) is 0 Å². The summed E-state index contributed by atoms with van der Waals surface area (Å²) in [6.45, 7) is 4.03. The molecule has 0 radical (unpaired) electrons. The summed E-state index contributed by atoms with van der Waals surface area (Å²) in [6.07, 6.45) is 2.37. The Hall–Kier alpha value is -2.62. The summed E-state index contributed by atoms with van der Waals surface area (Å²) in [5.74, 6) is -0.173. The molecule has 2 amide bonds. The van der Waals surface area contributed by atoms with Crippen LogP contribution < -0.4 is 10.6 Å². The molecule has 2 N–H and O–H groups in total. The van der Waals surface area contributed by atoms with E-state index in [2.05, 4.69) is 17.6 Å². The highest BCUT2D eigenvalue weighted by molar-refractivity contribution is 6.04. The van der Waals surface area contributed by atoms with Crippen LogP contribution in [0.3, 0.4) is 0 Å². The smallest absolute Gasteiger partial charge is 0.255 e. The summed E-state index contributed by atoms with van der Waals surface area (Å²) in [4.78, 5) is 24.0.